The molecule has 0 aromatic carbocycles. The Hall–Kier alpha value is -0.580. The van der Waals surface area contributed by atoms with Gasteiger partial charge in [-0.3, -0.25) is 0 Å². The summed E-state index contributed by atoms with van der Waals surface area (Å²) < 4.78 is 18.4. The molecule has 0 aliphatic carbocycles. The number of pyridine rings is 1. The maximum Gasteiger partial charge on any atom is 0.167 e. The fourth-order valence-electron chi connectivity index (χ4n) is 1.31. The smallest absolute Gasteiger partial charge is 0.167 e. The normalized spacial score (nSPS) is 12.6. The van der Waals surface area contributed by atoms with Crippen molar-refractivity contribution in [1.82, 2.24) is 4.98 Å². The molecule has 1 unspecified atom stereocenters. The molecule has 0 saturated carbocycles. The van der Waals surface area contributed by atoms with Crippen molar-refractivity contribution in [3.05, 3.63) is 23.1 Å². The van der Waals surface area contributed by atoms with Crippen LogP contribution in [0.2, 0.25) is 5.02 Å². The largest absolute Gasteiger partial charge is 0.383 e. The van der Waals surface area contributed by atoms with Crippen LogP contribution in [0.5, 0.6) is 0 Å². The van der Waals surface area contributed by atoms with E-state index in [4.69, 9.17) is 27.9 Å². The van der Waals surface area contributed by atoms with Gasteiger partial charge in [0, 0.05) is 26.9 Å². The van der Waals surface area contributed by atoms with E-state index in [0.717, 1.165) is 0 Å². The first-order chi connectivity index (χ1) is 7.54. The number of ether oxygens (including phenoxy) is 1. The zero-order valence-electron chi connectivity index (χ0n) is 9.08. The van der Waals surface area contributed by atoms with Gasteiger partial charge in [-0.05, 0) is 6.07 Å². The molecule has 0 aliphatic heterocycles. The summed E-state index contributed by atoms with van der Waals surface area (Å²) in [5.41, 5.74) is 0. The predicted octanol–water partition coefficient (Wildman–Crippen LogP) is 2.56. The third-order valence-electron chi connectivity index (χ3n) is 1.97. The van der Waals surface area contributed by atoms with Crippen LogP contribution in [0, 0.1) is 5.82 Å². The van der Waals surface area contributed by atoms with Gasteiger partial charge in [-0.1, -0.05) is 11.6 Å². The van der Waals surface area contributed by atoms with Crippen LogP contribution in [-0.4, -0.2) is 37.7 Å². The minimum atomic E-state index is -0.462. The van der Waals surface area contributed by atoms with Gasteiger partial charge in [0.05, 0.1) is 17.0 Å². The molecule has 0 spiro atoms. The van der Waals surface area contributed by atoms with Crippen LogP contribution in [0.15, 0.2) is 12.3 Å². The second-order valence-electron chi connectivity index (χ2n) is 3.39. The van der Waals surface area contributed by atoms with Crippen LogP contribution in [0.4, 0.5) is 10.2 Å². The molecule has 6 heteroatoms. The van der Waals surface area contributed by atoms with Crippen LogP contribution in [0.3, 0.4) is 0 Å². The van der Waals surface area contributed by atoms with Gasteiger partial charge >= 0.3 is 0 Å². The Kier molecular flexibility index (Phi) is 5.25. The highest BCUT2D eigenvalue weighted by Crippen LogP contribution is 2.19. The maximum atomic E-state index is 13.5. The Balaban J connectivity index is 2.69. The molecular weight excluding hydrogens is 254 g/mol. The van der Waals surface area contributed by atoms with Crippen molar-refractivity contribution < 1.29 is 9.13 Å². The minimum absolute atomic E-state index is 0.216. The van der Waals surface area contributed by atoms with Crippen LogP contribution >= 0.6 is 23.2 Å². The Morgan fingerprint density at radius 1 is 1.62 bits per heavy atom. The monoisotopic (exact) mass is 266 g/mol. The molecule has 3 nitrogen and oxygen atoms in total. The first-order valence-electron chi connectivity index (χ1n) is 4.69. The predicted molar refractivity (Wildman–Crippen MR) is 64.0 cm³/mol. The summed E-state index contributed by atoms with van der Waals surface area (Å²) >= 11 is 11.6. The fourth-order valence-corrected chi connectivity index (χ4v) is 1.78. The summed E-state index contributed by atoms with van der Waals surface area (Å²) in [6.07, 6.45) is 1.40. The number of halogens is 3. The molecule has 0 bridgehead atoms. The standard InChI is InChI=1S/C10H13Cl2FN2O/c1-15(5-8(12)6-16-2)10-9(13)3-7(11)4-14-10/h3-4,8H,5-6H2,1-2H3. The lowest BCUT2D eigenvalue weighted by atomic mass is 10.3. The van der Waals surface area contributed by atoms with Crippen LogP contribution in [0.1, 0.15) is 0 Å². The lowest BCUT2D eigenvalue weighted by molar-refractivity contribution is 0.199. The molecule has 1 heterocycles. The molecule has 1 rings (SSSR count). The van der Waals surface area contributed by atoms with E-state index >= 15 is 0 Å². The van der Waals surface area contributed by atoms with Crippen molar-refractivity contribution in [3.8, 4) is 0 Å². The van der Waals surface area contributed by atoms with E-state index in [-0.39, 0.29) is 16.2 Å². The van der Waals surface area contributed by atoms with Crippen LogP contribution < -0.4 is 4.90 Å². The first-order valence-corrected chi connectivity index (χ1v) is 5.51. The van der Waals surface area contributed by atoms with Crippen molar-refractivity contribution in [3.63, 3.8) is 0 Å². The van der Waals surface area contributed by atoms with Gasteiger partial charge in [0.15, 0.2) is 11.6 Å². The lowest BCUT2D eigenvalue weighted by Gasteiger charge is -2.21. The Bertz CT molecular complexity index is 352. The average Bonchev–Trinajstić information content (AvgIpc) is 2.17. The summed E-state index contributed by atoms with van der Waals surface area (Å²) in [4.78, 5) is 5.54. The zero-order chi connectivity index (χ0) is 12.1. The minimum Gasteiger partial charge on any atom is -0.383 e. The van der Waals surface area contributed by atoms with Crippen molar-refractivity contribution in [1.29, 1.82) is 0 Å². The van der Waals surface area contributed by atoms with Crippen molar-refractivity contribution in [2.75, 3.05) is 32.2 Å². The number of nitrogens with zero attached hydrogens (tertiary/aromatic N) is 2. The summed E-state index contributed by atoms with van der Waals surface area (Å²) in [6, 6.07) is 1.22. The van der Waals surface area contributed by atoms with E-state index in [1.54, 1.807) is 19.1 Å². The SMILES string of the molecule is COCC(Cl)CN(C)c1ncc(Cl)cc1F. The van der Waals surface area contributed by atoms with E-state index in [2.05, 4.69) is 4.98 Å². The van der Waals surface area contributed by atoms with Crippen molar-refractivity contribution in [2.24, 2.45) is 0 Å². The van der Waals surface area contributed by atoms with E-state index in [0.29, 0.717) is 13.2 Å². The van der Waals surface area contributed by atoms with Gasteiger partial charge in [-0.25, -0.2) is 9.37 Å². The highest BCUT2D eigenvalue weighted by atomic mass is 35.5. The molecule has 90 valence electrons. The summed E-state index contributed by atoms with van der Waals surface area (Å²) in [5.74, 6) is -0.234. The fraction of sp³-hybridized carbons (Fsp3) is 0.500. The molecule has 1 aromatic rings. The van der Waals surface area contributed by atoms with Gasteiger partial charge in [0.1, 0.15) is 0 Å². The number of aromatic nitrogens is 1. The summed E-state index contributed by atoms with van der Waals surface area (Å²) in [7, 11) is 3.28. The van der Waals surface area contributed by atoms with E-state index in [1.807, 2.05) is 0 Å². The Morgan fingerprint density at radius 2 is 2.31 bits per heavy atom. The van der Waals surface area contributed by atoms with Crippen molar-refractivity contribution in [2.45, 2.75) is 5.38 Å². The molecule has 0 N–H and O–H groups in total. The molecular formula is C10H13Cl2FN2O. The third-order valence-corrected chi connectivity index (χ3v) is 2.44. The molecule has 0 aliphatic rings. The topological polar surface area (TPSA) is 25.4 Å². The lowest BCUT2D eigenvalue weighted by Crippen LogP contribution is -2.29. The quantitative estimate of drug-likeness (QED) is 0.767. The van der Waals surface area contributed by atoms with Gasteiger partial charge in [0.2, 0.25) is 0 Å². The van der Waals surface area contributed by atoms with E-state index in [1.165, 1.54) is 12.3 Å². The molecule has 0 radical (unpaired) electrons. The van der Waals surface area contributed by atoms with Crippen LogP contribution in [-0.2, 0) is 4.74 Å². The molecule has 0 saturated heterocycles. The van der Waals surface area contributed by atoms with E-state index in [9.17, 15) is 4.39 Å². The highest BCUT2D eigenvalue weighted by Gasteiger charge is 2.13. The Labute approximate surface area is 104 Å². The number of hydrogen-bond acceptors (Lipinski definition) is 3. The Morgan fingerprint density at radius 3 is 2.88 bits per heavy atom. The second-order valence-corrected chi connectivity index (χ2v) is 4.45. The van der Waals surface area contributed by atoms with Crippen molar-refractivity contribution >= 4 is 29.0 Å². The number of hydrogen-bond donors (Lipinski definition) is 0. The molecule has 0 amide bonds. The molecule has 1 atom stereocenters. The average molecular weight is 267 g/mol. The van der Waals surface area contributed by atoms with Gasteiger partial charge in [-0.15, -0.1) is 11.6 Å². The number of alkyl halides is 1. The second kappa shape index (κ2) is 6.23. The molecule has 16 heavy (non-hydrogen) atoms. The van der Waals surface area contributed by atoms with Gasteiger partial charge in [-0.2, -0.15) is 0 Å². The zero-order valence-corrected chi connectivity index (χ0v) is 10.6. The van der Waals surface area contributed by atoms with Gasteiger partial charge < -0.3 is 9.64 Å². The number of methoxy groups -OCH3 is 1. The van der Waals surface area contributed by atoms with Crippen LogP contribution in [0.25, 0.3) is 0 Å². The van der Waals surface area contributed by atoms with E-state index < -0.39 is 5.82 Å². The molecule has 0 fully saturated rings. The van der Waals surface area contributed by atoms with Gasteiger partial charge in [0.25, 0.3) is 0 Å². The highest BCUT2D eigenvalue weighted by molar-refractivity contribution is 6.30. The number of anilines is 1. The first kappa shape index (κ1) is 13.5. The third kappa shape index (κ3) is 3.77. The summed E-state index contributed by atoms with van der Waals surface area (Å²) in [5, 5.41) is 0.0563. The molecule has 1 aromatic heterocycles. The number of rotatable bonds is 5. The summed E-state index contributed by atoms with van der Waals surface area (Å²) in [6.45, 7) is 0.849. The maximum absolute atomic E-state index is 13.5.